The minimum Gasteiger partial charge on any atom is -0.478 e. The fraction of sp³-hybridized carbons (Fsp3) is 0.409. The quantitative estimate of drug-likeness (QED) is 0.731. The van der Waals surface area contributed by atoms with Crippen LogP contribution < -0.4 is 10.2 Å². The maximum Gasteiger partial charge on any atom is 0.335 e. The molecule has 2 aromatic carbocycles. The number of aromatic carboxylic acids is 1. The van der Waals surface area contributed by atoms with Crippen LogP contribution in [0.5, 0.6) is 0 Å². The van der Waals surface area contributed by atoms with Crippen LogP contribution >= 0.6 is 0 Å². The molecule has 0 spiro atoms. The van der Waals surface area contributed by atoms with E-state index in [4.69, 9.17) is 5.11 Å². The molecular weight excluding hydrogens is 340 g/mol. The average Bonchev–Trinajstić information content (AvgIpc) is 2.69. The molecule has 0 aromatic heterocycles. The van der Waals surface area contributed by atoms with Gasteiger partial charge in [-0.25, -0.2) is 4.79 Å². The molecule has 27 heavy (non-hydrogen) atoms. The Kier molecular flexibility index (Phi) is 5.82. The Morgan fingerprint density at radius 2 is 1.67 bits per heavy atom. The number of rotatable bonds is 6. The Morgan fingerprint density at radius 3 is 2.22 bits per heavy atom. The van der Waals surface area contributed by atoms with Crippen LogP contribution in [0.25, 0.3) is 0 Å². The van der Waals surface area contributed by atoms with Gasteiger partial charge in [0, 0.05) is 18.7 Å². The van der Waals surface area contributed by atoms with E-state index >= 15 is 0 Å². The molecule has 5 heteroatoms. The first-order valence-electron chi connectivity index (χ1n) is 9.46. The van der Waals surface area contributed by atoms with E-state index in [0.717, 1.165) is 18.8 Å². The van der Waals surface area contributed by atoms with Crippen molar-refractivity contribution in [1.29, 1.82) is 0 Å². The molecule has 5 nitrogen and oxygen atoms in total. The molecule has 2 aromatic rings. The van der Waals surface area contributed by atoms with Crippen molar-refractivity contribution in [1.82, 2.24) is 5.32 Å². The molecule has 144 valence electrons. The van der Waals surface area contributed by atoms with E-state index in [-0.39, 0.29) is 17.5 Å². The SMILES string of the molecule is CC(c1ccccc1)C(N(C)c1ccc(C(=O)O)cc1)C1(O)CCNCC1. The van der Waals surface area contributed by atoms with Gasteiger partial charge in [-0.3, -0.25) is 0 Å². The number of carboxylic acids is 1. The Labute approximate surface area is 160 Å². The Morgan fingerprint density at radius 1 is 1.07 bits per heavy atom. The summed E-state index contributed by atoms with van der Waals surface area (Å²) >= 11 is 0. The maximum atomic E-state index is 11.6. The summed E-state index contributed by atoms with van der Waals surface area (Å²) in [6.45, 7) is 3.74. The van der Waals surface area contributed by atoms with Gasteiger partial charge in [0.25, 0.3) is 0 Å². The molecule has 0 amide bonds. The maximum absolute atomic E-state index is 11.6. The predicted octanol–water partition coefficient (Wildman–Crippen LogP) is 3.11. The van der Waals surface area contributed by atoms with Gasteiger partial charge in [0.1, 0.15) is 0 Å². The predicted molar refractivity (Wildman–Crippen MR) is 108 cm³/mol. The van der Waals surface area contributed by atoms with Crippen LogP contribution in [0.4, 0.5) is 5.69 Å². The van der Waals surface area contributed by atoms with Crippen molar-refractivity contribution < 1.29 is 15.0 Å². The normalized spacial score (nSPS) is 18.5. The summed E-state index contributed by atoms with van der Waals surface area (Å²) in [5.41, 5.74) is 1.53. The third-order valence-electron chi connectivity index (χ3n) is 5.76. The lowest BCUT2D eigenvalue weighted by Gasteiger charge is -2.47. The monoisotopic (exact) mass is 368 g/mol. The van der Waals surface area contributed by atoms with E-state index in [2.05, 4.69) is 29.3 Å². The second-order valence-corrected chi connectivity index (χ2v) is 7.46. The van der Waals surface area contributed by atoms with Gasteiger partial charge in [-0.05, 0) is 55.8 Å². The summed E-state index contributed by atoms with van der Waals surface area (Å²) in [6, 6.07) is 17.0. The number of carboxylic acid groups (broad SMARTS) is 1. The highest BCUT2D eigenvalue weighted by Gasteiger charge is 2.43. The average molecular weight is 368 g/mol. The number of carbonyl (C=O) groups is 1. The first-order valence-corrected chi connectivity index (χ1v) is 9.46. The molecule has 0 bridgehead atoms. The minimum atomic E-state index is -0.935. The zero-order valence-corrected chi connectivity index (χ0v) is 15.9. The molecule has 3 rings (SSSR count). The zero-order chi connectivity index (χ0) is 19.4. The van der Waals surface area contributed by atoms with Crippen LogP contribution in [0.3, 0.4) is 0 Å². The molecule has 0 saturated carbocycles. The molecular formula is C22H28N2O3. The molecule has 0 radical (unpaired) electrons. The summed E-state index contributed by atoms with van der Waals surface area (Å²) in [5, 5.41) is 24.0. The second-order valence-electron chi connectivity index (χ2n) is 7.46. The lowest BCUT2D eigenvalue weighted by Crippen LogP contribution is -2.58. The summed E-state index contributed by atoms with van der Waals surface area (Å²) in [6.07, 6.45) is 1.37. The van der Waals surface area contributed by atoms with Crippen LogP contribution in [-0.2, 0) is 0 Å². The van der Waals surface area contributed by atoms with E-state index < -0.39 is 11.6 Å². The number of piperidine rings is 1. The smallest absolute Gasteiger partial charge is 0.335 e. The summed E-state index contributed by atoms with van der Waals surface area (Å²) in [5.74, 6) is -0.825. The third kappa shape index (κ3) is 4.15. The van der Waals surface area contributed by atoms with Crippen molar-refractivity contribution in [3.05, 3.63) is 65.7 Å². The van der Waals surface area contributed by atoms with Gasteiger partial charge in [-0.1, -0.05) is 37.3 Å². The van der Waals surface area contributed by atoms with Crippen molar-refractivity contribution in [2.24, 2.45) is 0 Å². The number of aliphatic hydroxyl groups is 1. The van der Waals surface area contributed by atoms with Crippen LogP contribution in [0.2, 0.25) is 0 Å². The third-order valence-corrected chi connectivity index (χ3v) is 5.76. The molecule has 2 unspecified atom stereocenters. The fourth-order valence-electron chi connectivity index (χ4n) is 4.26. The first-order chi connectivity index (χ1) is 12.9. The number of likely N-dealkylation sites (N-methyl/N-ethyl adjacent to an activating group) is 1. The van der Waals surface area contributed by atoms with Gasteiger partial charge >= 0.3 is 5.97 Å². The highest BCUT2D eigenvalue weighted by Crippen LogP contribution is 2.37. The highest BCUT2D eigenvalue weighted by molar-refractivity contribution is 5.88. The van der Waals surface area contributed by atoms with E-state index in [1.807, 2.05) is 37.4 Å². The number of nitrogens with one attached hydrogen (secondary N) is 1. The van der Waals surface area contributed by atoms with E-state index in [1.165, 1.54) is 5.56 Å². The molecule has 2 atom stereocenters. The van der Waals surface area contributed by atoms with E-state index in [0.29, 0.717) is 12.8 Å². The highest BCUT2D eigenvalue weighted by atomic mass is 16.4. The molecule has 1 aliphatic rings. The largest absolute Gasteiger partial charge is 0.478 e. The van der Waals surface area contributed by atoms with Gasteiger partial charge < -0.3 is 20.4 Å². The number of hydrogen-bond donors (Lipinski definition) is 3. The Bertz CT molecular complexity index is 755. The van der Waals surface area contributed by atoms with Crippen molar-refractivity contribution in [3.8, 4) is 0 Å². The van der Waals surface area contributed by atoms with Crippen molar-refractivity contribution >= 4 is 11.7 Å². The summed E-state index contributed by atoms with van der Waals surface area (Å²) in [4.78, 5) is 13.3. The van der Waals surface area contributed by atoms with E-state index in [1.54, 1.807) is 12.1 Å². The minimum absolute atomic E-state index is 0.110. The van der Waals surface area contributed by atoms with Crippen LogP contribution in [0.1, 0.15) is 41.6 Å². The van der Waals surface area contributed by atoms with Gasteiger partial charge in [0.05, 0.1) is 17.2 Å². The second kappa shape index (κ2) is 8.11. The molecule has 3 N–H and O–H groups in total. The molecule has 1 saturated heterocycles. The van der Waals surface area contributed by atoms with Crippen molar-refractivity contribution in [2.45, 2.75) is 37.3 Å². The fourth-order valence-corrected chi connectivity index (χ4v) is 4.26. The van der Waals surface area contributed by atoms with E-state index in [9.17, 15) is 9.90 Å². The number of anilines is 1. The summed E-state index contributed by atoms with van der Waals surface area (Å²) in [7, 11) is 1.99. The Hall–Kier alpha value is -2.37. The van der Waals surface area contributed by atoms with Crippen molar-refractivity contribution in [3.63, 3.8) is 0 Å². The number of benzene rings is 2. The first kappa shape index (κ1) is 19.4. The van der Waals surface area contributed by atoms with Crippen LogP contribution in [-0.4, -0.2) is 48.0 Å². The Balaban J connectivity index is 1.96. The van der Waals surface area contributed by atoms with Crippen LogP contribution in [0, 0.1) is 0 Å². The topological polar surface area (TPSA) is 72.8 Å². The number of nitrogens with zero attached hydrogens (tertiary/aromatic N) is 1. The zero-order valence-electron chi connectivity index (χ0n) is 15.9. The molecule has 1 aliphatic heterocycles. The van der Waals surface area contributed by atoms with Gasteiger partial charge in [-0.2, -0.15) is 0 Å². The standard InChI is InChI=1S/C22H28N2O3/c1-16(17-6-4-3-5-7-17)20(22(27)12-14-23-15-13-22)24(2)19-10-8-18(9-11-19)21(25)26/h3-11,16,20,23,27H,12-15H2,1-2H3,(H,25,26). The molecule has 0 aliphatic carbocycles. The van der Waals surface area contributed by atoms with Gasteiger partial charge in [-0.15, -0.1) is 0 Å². The van der Waals surface area contributed by atoms with Gasteiger partial charge in [0.2, 0.25) is 0 Å². The lowest BCUT2D eigenvalue weighted by molar-refractivity contribution is -0.0207. The van der Waals surface area contributed by atoms with Gasteiger partial charge in [0.15, 0.2) is 0 Å². The molecule has 1 fully saturated rings. The molecule has 1 heterocycles. The lowest BCUT2D eigenvalue weighted by atomic mass is 9.75. The number of hydrogen-bond acceptors (Lipinski definition) is 4. The van der Waals surface area contributed by atoms with Crippen LogP contribution in [0.15, 0.2) is 54.6 Å². The van der Waals surface area contributed by atoms with Crippen molar-refractivity contribution in [2.75, 3.05) is 25.0 Å². The summed E-state index contributed by atoms with van der Waals surface area (Å²) < 4.78 is 0.